The van der Waals surface area contributed by atoms with Gasteiger partial charge >= 0.3 is 85.1 Å². The van der Waals surface area contributed by atoms with Crippen molar-refractivity contribution in [2.45, 2.75) is 6.92 Å². The van der Waals surface area contributed by atoms with Crippen molar-refractivity contribution >= 4 is 5.97 Å². The zero-order valence-electron chi connectivity index (χ0n) is 11.4. The summed E-state index contributed by atoms with van der Waals surface area (Å²) in [5.41, 5.74) is 0. The minimum absolute atomic E-state index is 0. The third kappa shape index (κ3) is 643. The average molecular weight is 408 g/mol. The van der Waals surface area contributed by atoms with Crippen LogP contribution in [0.15, 0.2) is 0 Å². The van der Waals surface area contributed by atoms with E-state index in [1.807, 2.05) is 0 Å². The molecule has 124 valence electrons. The minimum atomic E-state index is -0.484. The van der Waals surface area contributed by atoms with Crippen LogP contribution >= 0.6 is 0 Å². The molecular formula is C12H6CoMnO9. The van der Waals surface area contributed by atoms with Crippen molar-refractivity contribution < 1.29 is 75.9 Å². The van der Waals surface area contributed by atoms with Gasteiger partial charge in [-0.15, -0.1) is 0 Å². The van der Waals surface area contributed by atoms with Gasteiger partial charge < -0.3 is 4.74 Å². The first-order chi connectivity index (χ1) is 10.3. The molecule has 9 nitrogen and oxygen atoms in total. The van der Waals surface area contributed by atoms with Crippen LogP contribution in [0, 0.1) is 58.4 Å². The summed E-state index contributed by atoms with van der Waals surface area (Å²) in [6.07, 6.45) is 0. The first-order valence-corrected chi connectivity index (χ1v) is 3.25. The molecule has 2 radical (unpaired) electrons. The van der Waals surface area contributed by atoms with E-state index in [9.17, 15) is 4.79 Å². The number of esters is 1. The standard InChI is InChI=1S/C5H6O2.7CO.Co.Mn/c1-3-4-5(6)7-2;7*1-2;;/h1-2H3;;;;;;;;;. The van der Waals surface area contributed by atoms with Gasteiger partial charge in [0.25, 0.3) is 0 Å². The van der Waals surface area contributed by atoms with E-state index >= 15 is 0 Å². The summed E-state index contributed by atoms with van der Waals surface area (Å²) in [7, 11) is 1.30. The van der Waals surface area contributed by atoms with Gasteiger partial charge in [-0.3, -0.25) is 0 Å². The van der Waals surface area contributed by atoms with Crippen molar-refractivity contribution in [3.63, 3.8) is 0 Å². The molecule has 0 aliphatic rings. The smallest absolute Gasteiger partial charge is 0 e. The first-order valence-electron chi connectivity index (χ1n) is 3.25. The third-order valence-corrected chi connectivity index (χ3v) is 0.412. The van der Waals surface area contributed by atoms with E-state index in [2.05, 4.69) is 63.1 Å². The molecule has 0 aliphatic heterocycles. The number of methoxy groups -OCH3 is 1. The van der Waals surface area contributed by atoms with Gasteiger partial charge in [0, 0.05) is 39.8 Å². The van der Waals surface area contributed by atoms with E-state index in [-0.39, 0.29) is 33.8 Å². The summed E-state index contributed by atoms with van der Waals surface area (Å²) in [5.74, 6) is 4.09. The van der Waals surface area contributed by atoms with Crippen LogP contribution in [-0.2, 0) is 75.9 Å². The molecule has 0 bridgehead atoms. The molecule has 0 aliphatic carbocycles. The molecule has 23 heavy (non-hydrogen) atoms. The van der Waals surface area contributed by atoms with E-state index in [1.54, 1.807) is 6.92 Å². The zero-order valence-corrected chi connectivity index (χ0v) is 13.6. The molecule has 0 spiro atoms. The Labute approximate surface area is 154 Å². The van der Waals surface area contributed by atoms with Crippen molar-refractivity contribution in [2.75, 3.05) is 7.11 Å². The summed E-state index contributed by atoms with van der Waals surface area (Å²) < 4.78 is 56.7. The minimum Gasteiger partial charge on any atom is 0 e. The van der Waals surface area contributed by atoms with Gasteiger partial charge in [-0.2, -0.15) is 0 Å². The molecule has 0 saturated heterocycles. The fourth-order valence-corrected chi connectivity index (χ4v) is 0.153. The van der Waals surface area contributed by atoms with Crippen LogP contribution in [0.1, 0.15) is 6.92 Å². The van der Waals surface area contributed by atoms with E-state index in [0.29, 0.717) is 0 Å². The average Bonchev–Trinajstić information content (AvgIpc) is 2.67. The number of carbonyl (C=O) groups is 1. The Morgan fingerprint density at radius 3 is 0.957 bits per heavy atom. The summed E-state index contributed by atoms with van der Waals surface area (Å²) in [6.45, 7) is 33.1. The van der Waals surface area contributed by atoms with Crippen molar-refractivity contribution in [1.29, 1.82) is 0 Å². The van der Waals surface area contributed by atoms with Gasteiger partial charge in [0.15, 0.2) is 0 Å². The Bertz CT molecular complexity index is 307. The topological polar surface area (TPSA) is 166 Å². The van der Waals surface area contributed by atoms with Crippen LogP contribution in [0.3, 0.4) is 0 Å². The molecule has 0 fully saturated rings. The van der Waals surface area contributed by atoms with Crippen molar-refractivity contribution in [1.82, 2.24) is 0 Å². The van der Waals surface area contributed by atoms with E-state index in [4.69, 9.17) is 32.6 Å². The van der Waals surface area contributed by atoms with Crippen molar-refractivity contribution in [2.24, 2.45) is 0 Å². The Balaban J connectivity index is -0.0000000115. The second-order valence-electron chi connectivity index (χ2n) is 0.867. The normalized spacial score (nSPS) is 2.43. The SMILES string of the molecule is CC#CC(=O)OC.[C-]#[O+].[C-]#[O+].[C-]#[O+].[C-]#[O+].[C-]#[O+].[C-]#[O+].[C-]#[O+].[Co].[Mn]. The van der Waals surface area contributed by atoms with Crippen LogP contribution in [0.5, 0.6) is 0 Å². The summed E-state index contributed by atoms with van der Waals surface area (Å²) >= 11 is 0. The Morgan fingerprint density at radius 2 is 0.913 bits per heavy atom. The molecule has 0 atom stereocenters. The third-order valence-electron chi connectivity index (χ3n) is 0.412. The molecule has 0 aromatic carbocycles. The second kappa shape index (κ2) is 417. The van der Waals surface area contributed by atoms with E-state index < -0.39 is 5.97 Å². The van der Waals surface area contributed by atoms with Gasteiger partial charge in [0.1, 0.15) is 0 Å². The van der Waals surface area contributed by atoms with Crippen LogP contribution in [0.25, 0.3) is 0 Å². The monoisotopic (exact) mass is 408 g/mol. The molecule has 0 N–H and O–H groups in total. The number of ether oxygens (including phenoxy) is 1. The second-order valence-corrected chi connectivity index (χ2v) is 0.867. The molecule has 0 unspecified atom stereocenters. The van der Waals surface area contributed by atoms with Gasteiger partial charge in [-0.05, 0) is 6.92 Å². The summed E-state index contributed by atoms with van der Waals surface area (Å²) in [6, 6.07) is 0. The molecule has 0 aromatic heterocycles. The zero-order chi connectivity index (χ0) is 19.7. The first kappa shape index (κ1) is 68.9. The maximum absolute atomic E-state index is 10.0. The maximum atomic E-state index is 10.0. The van der Waals surface area contributed by atoms with Crippen LogP contribution in [0.2, 0.25) is 0 Å². The van der Waals surface area contributed by atoms with Crippen molar-refractivity contribution in [3.05, 3.63) is 46.6 Å². The number of hydrogen-bond acceptors (Lipinski definition) is 2. The van der Waals surface area contributed by atoms with Crippen molar-refractivity contribution in [3.8, 4) is 11.8 Å². The molecule has 0 saturated carbocycles. The van der Waals surface area contributed by atoms with Gasteiger partial charge in [0.05, 0.1) is 7.11 Å². The summed E-state index contributed by atoms with van der Waals surface area (Å²) in [5, 5.41) is 0. The largest absolute Gasteiger partial charge is 0 e. The number of carbonyl (C=O) groups excluding carboxylic acids is 1. The Kier molecular flexibility index (Phi) is 1250. The molecule has 0 amide bonds. The predicted octanol–water partition coefficient (Wildman–Crippen LogP) is -0.0849. The van der Waals surface area contributed by atoms with Crippen LogP contribution in [-0.4, -0.2) is 13.1 Å². The number of rotatable bonds is 0. The Hall–Kier alpha value is -1.76. The van der Waals surface area contributed by atoms with Crippen LogP contribution < -0.4 is 0 Å². The fourth-order valence-electron chi connectivity index (χ4n) is 0.153. The molecule has 11 heteroatoms. The molecule has 0 heterocycles. The van der Waals surface area contributed by atoms with Gasteiger partial charge in [-0.1, -0.05) is 5.92 Å². The Morgan fingerprint density at radius 1 is 0.739 bits per heavy atom. The fraction of sp³-hybridized carbons (Fsp3) is 0.167. The molecule has 0 rings (SSSR count). The maximum Gasteiger partial charge on any atom is 0 e. The van der Waals surface area contributed by atoms with E-state index in [0.717, 1.165) is 0 Å². The molecule has 0 aromatic rings. The quantitative estimate of drug-likeness (QED) is 0.137. The van der Waals surface area contributed by atoms with E-state index in [1.165, 1.54) is 7.11 Å². The van der Waals surface area contributed by atoms with Gasteiger partial charge in [0.2, 0.25) is 0 Å². The summed E-state index contributed by atoms with van der Waals surface area (Å²) in [4.78, 5) is 10.0. The van der Waals surface area contributed by atoms with Crippen LogP contribution in [0.4, 0.5) is 0 Å². The molecular weight excluding hydrogens is 402 g/mol. The van der Waals surface area contributed by atoms with Gasteiger partial charge in [-0.25, -0.2) is 4.79 Å². The number of hydrogen-bond donors (Lipinski definition) is 0. The predicted molar refractivity (Wildman–Crippen MR) is 53.0 cm³/mol.